The van der Waals surface area contributed by atoms with Gasteiger partial charge in [-0.2, -0.15) is 0 Å². The van der Waals surface area contributed by atoms with E-state index in [2.05, 4.69) is 0 Å². The van der Waals surface area contributed by atoms with Crippen LogP contribution in [0.2, 0.25) is 0 Å². The normalized spacial score (nSPS) is 18.9. The lowest BCUT2D eigenvalue weighted by molar-refractivity contribution is 0.0894. The van der Waals surface area contributed by atoms with Gasteiger partial charge in [0.05, 0.1) is 26.4 Å². The zero-order valence-corrected chi connectivity index (χ0v) is 10.7. The monoisotopic (exact) mass is 252 g/mol. The molecule has 1 N–H and O–H groups in total. The summed E-state index contributed by atoms with van der Waals surface area (Å²) in [6.45, 7) is 1.39. The topological polar surface area (TPSA) is 47.9 Å². The maximum atomic E-state index is 9.29. The Morgan fingerprint density at radius 2 is 2.33 bits per heavy atom. The molecule has 1 saturated heterocycles. The molecule has 0 aliphatic carbocycles. The van der Waals surface area contributed by atoms with Crippen molar-refractivity contribution in [3.63, 3.8) is 0 Å². The molecule has 0 aromatic heterocycles. The molecule has 1 fully saturated rings. The van der Waals surface area contributed by atoms with Crippen LogP contribution in [0.25, 0.3) is 0 Å². The number of aliphatic hydroxyl groups is 1. The van der Waals surface area contributed by atoms with Gasteiger partial charge in [0.15, 0.2) is 11.5 Å². The Kier molecular flexibility index (Phi) is 4.84. The van der Waals surface area contributed by atoms with Crippen LogP contribution in [0.5, 0.6) is 11.5 Å². The van der Waals surface area contributed by atoms with Crippen LogP contribution in [0.15, 0.2) is 18.2 Å². The van der Waals surface area contributed by atoms with Crippen molar-refractivity contribution in [3.8, 4) is 11.5 Å². The second kappa shape index (κ2) is 6.61. The summed E-state index contributed by atoms with van der Waals surface area (Å²) in [7, 11) is 1.60. The van der Waals surface area contributed by atoms with Gasteiger partial charge in [-0.05, 0) is 18.9 Å². The molecule has 0 radical (unpaired) electrons. The minimum Gasteiger partial charge on any atom is -0.493 e. The quantitative estimate of drug-likeness (QED) is 0.842. The molecule has 1 aromatic carbocycles. The van der Waals surface area contributed by atoms with Crippen LogP contribution >= 0.6 is 0 Å². The molecular weight excluding hydrogens is 232 g/mol. The Labute approximate surface area is 107 Å². The maximum absolute atomic E-state index is 9.29. The average Bonchev–Trinajstić information content (AvgIpc) is 2.92. The Bertz CT molecular complexity index is 350. The minimum atomic E-state index is -0.0491. The molecule has 1 heterocycles. The summed E-state index contributed by atoms with van der Waals surface area (Å²) in [5, 5.41) is 9.29. The second-order valence-electron chi connectivity index (χ2n) is 4.38. The van der Waals surface area contributed by atoms with Crippen molar-refractivity contribution >= 4 is 0 Å². The second-order valence-corrected chi connectivity index (χ2v) is 4.38. The van der Waals surface area contributed by atoms with Gasteiger partial charge in [-0.15, -0.1) is 0 Å². The molecule has 1 unspecified atom stereocenters. The molecule has 2 rings (SSSR count). The maximum Gasteiger partial charge on any atom is 0.166 e. The number of ether oxygens (including phenoxy) is 3. The van der Waals surface area contributed by atoms with E-state index >= 15 is 0 Å². The molecule has 100 valence electrons. The van der Waals surface area contributed by atoms with Crippen LogP contribution in [0.4, 0.5) is 0 Å². The van der Waals surface area contributed by atoms with E-state index in [1.165, 1.54) is 0 Å². The number of methoxy groups -OCH3 is 1. The lowest BCUT2D eigenvalue weighted by Gasteiger charge is -2.15. The number of hydrogen-bond donors (Lipinski definition) is 1. The van der Waals surface area contributed by atoms with E-state index in [1.54, 1.807) is 7.11 Å². The molecule has 1 aliphatic heterocycles. The standard InChI is InChI=1S/C14H20O4/c1-16-13-6-2-4-11(10-15)14(13)18-9-7-12-5-3-8-17-12/h2,4,6,12,15H,3,5,7-10H2,1H3. The van der Waals surface area contributed by atoms with Crippen molar-refractivity contribution in [2.45, 2.75) is 32.0 Å². The summed E-state index contributed by atoms with van der Waals surface area (Å²) >= 11 is 0. The predicted octanol–water partition coefficient (Wildman–Crippen LogP) is 2.14. The summed E-state index contributed by atoms with van der Waals surface area (Å²) in [5.41, 5.74) is 0.752. The highest BCUT2D eigenvalue weighted by Crippen LogP contribution is 2.31. The molecule has 1 aliphatic rings. The van der Waals surface area contributed by atoms with Crippen molar-refractivity contribution in [1.29, 1.82) is 0 Å². The van der Waals surface area contributed by atoms with Crippen LogP contribution in [-0.4, -0.2) is 31.5 Å². The van der Waals surface area contributed by atoms with Gasteiger partial charge in [-0.3, -0.25) is 0 Å². The van der Waals surface area contributed by atoms with Gasteiger partial charge < -0.3 is 19.3 Å². The zero-order valence-electron chi connectivity index (χ0n) is 10.7. The van der Waals surface area contributed by atoms with Gasteiger partial charge in [0.2, 0.25) is 0 Å². The minimum absolute atomic E-state index is 0.0491. The average molecular weight is 252 g/mol. The fourth-order valence-electron chi connectivity index (χ4n) is 2.17. The molecule has 0 saturated carbocycles. The largest absolute Gasteiger partial charge is 0.493 e. The first-order valence-electron chi connectivity index (χ1n) is 6.36. The van der Waals surface area contributed by atoms with Gasteiger partial charge in [0.25, 0.3) is 0 Å². The summed E-state index contributed by atoms with van der Waals surface area (Å²) in [6.07, 6.45) is 3.45. The molecule has 4 nitrogen and oxygen atoms in total. The van der Waals surface area contributed by atoms with Crippen LogP contribution in [0.1, 0.15) is 24.8 Å². The van der Waals surface area contributed by atoms with E-state index in [0.29, 0.717) is 24.2 Å². The van der Waals surface area contributed by atoms with Gasteiger partial charge in [0.1, 0.15) is 0 Å². The lowest BCUT2D eigenvalue weighted by atomic mass is 10.2. The molecule has 1 atom stereocenters. The SMILES string of the molecule is COc1cccc(CO)c1OCCC1CCCO1. The van der Waals surface area contributed by atoms with Crippen molar-refractivity contribution < 1.29 is 19.3 Å². The summed E-state index contributed by atoms with van der Waals surface area (Å²) in [6, 6.07) is 5.52. The first kappa shape index (κ1) is 13.2. The Balaban J connectivity index is 1.94. The third kappa shape index (κ3) is 3.15. The van der Waals surface area contributed by atoms with Crippen LogP contribution in [0.3, 0.4) is 0 Å². The number of rotatable bonds is 6. The molecule has 0 spiro atoms. The fourth-order valence-corrected chi connectivity index (χ4v) is 2.17. The third-order valence-corrected chi connectivity index (χ3v) is 3.16. The highest BCUT2D eigenvalue weighted by molar-refractivity contribution is 5.46. The van der Waals surface area contributed by atoms with E-state index in [1.807, 2.05) is 18.2 Å². The Morgan fingerprint density at radius 1 is 1.44 bits per heavy atom. The number of hydrogen-bond acceptors (Lipinski definition) is 4. The van der Waals surface area contributed by atoms with Gasteiger partial charge >= 0.3 is 0 Å². The number of para-hydroxylation sites is 1. The van der Waals surface area contributed by atoms with Crippen LogP contribution < -0.4 is 9.47 Å². The van der Waals surface area contributed by atoms with Crippen LogP contribution in [-0.2, 0) is 11.3 Å². The third-order valence-electron chi connectivity index (χ3n) is 3.16. The van der Waals surface area contributed by atoms with Crippen molar-refractivity contribution in [2.24, 2.45) is 0 Å². The first-order valence-corrected chi connectivity index (χ1v) is 6.36. The molecule has 0 amide bonds. The predicted molar refractivity (Wildman–Crippen MR) is 68.0 cm³/mol. The molecule has 18 heavy (non-hydrogen) atoms. The Morgan fingerprint density at radius 3 is 3.00 bits per heavy atom. The number of aliphatic hydroxyl groups excluding tert-OH is 1. The number of benzene rings is 1. The van der Waals surface area contributed by atoms with Crippen molar-refractivity contribution in [3.05, 3.63) is 23.8 Å². The first-order chi connectivity index (χ1) is 8.85. The van der Waals surface area contributed by atoms with E-state index in [-0.39, 0.29) is 6.61 Å². The Hall–Kier alpha value is -1.26. The lowest BCUT2D eigenvalue weighted by Crippen LogP contribution is -2.11. The van der Waals surface area contributed by atoms with Gasteiger partial charge in [-0.1, -0.05) is 12.1 Å². The van der Waals surface area contributed by atoms with E-state index < -0.39 is 0 Å². The van der Waals surface area contributed by atoms with Crippen molar-refractivity contribution in [1.82, 2.24) is 0 Å². The molecule has 4 heteroatoms. The van der Waals surface area contributed by atoms with Crippen molar-refractivity contribution in [2.75, 3.05) is 20.3 Å². The summed E-state index contributed by atoms with van der Waals surface area (Å²) in [5.74, 6) is 1.30. The molecule has 0 bridgehead atoms. The fraction of sp³-hybridized carbons (Fsp3) is 0.571. The molecule has 1 aromatic rings. The van der Waals surface area contributed by atoms with Gasteiger partial charge in [0, 0.05) is 18.6 Å². The van der Waals surface area contributed by atoms with E-state index in [9.17, 15) is 5.11 Å². The summed E-state index contributed by atoms with van der Waals surface area (Å²) < 4.78 is 16.5. The smallest absolute Gasteiger partial charge is 0.166 e. The van der Waals surface area contributed by atoms with E-state index in [4.69, 9.17) is 14.2 Å². The van der Waals surface area contributed by atoms with Gasteiger partial charge in [-0.25, -0.2) is 0 Å². The zero-order chi connectivity index (χ0) is 12.8. The molecular formula is C14H20O4. The summed E-state index contributed by atoms with van der Waals surface area (Å²) in [4.78, 5) is 0. The van der Waals surface area contributed by atoms with Crippen LogP contribution in [0, 0.1) is 0 Å². The van der Waals surface area contributed by atoms with E-state index in [0.717, 1.165) is 31.4 Å². The highest BCUT2D eigenvalue weighted by Gasteiger charge is 2.16. The highest BCUT2D eigenvalue weighted by atomic mass is 16.5.